The average Bonchev–Trinajstić information content (AvgIpc) is 3.10. The molecule has 0 aliphatic carbocycles. The van der Waals surface area contributed by atoms with Crippen molar-refractivity contribution < 1.29 is 23.1 Å². The van der Waals surface area contributed by atoms with Gasteiger partial charge in [0.25, 0.3) is 0 Å². The van der Waals surface area contributed by atoms with E-state index in [0.29, 0.717) is 30.2 Å². The molecule has 0 fully saturated rings. The van der Waals surface area contributed by atoms with Crippen molar-refractivity contribution in [1.29, 1.82) is 0 Å². The third-order valence-electron chi connectivity index (χ3n) is 8.02. The SMILES string of the molecule is CCOC(=O)c1cccc(-c2ccc(S(=O)(=O)c3ccc(CCCNC(Cc4ccccc4)[C@H](O)c4cccc(Cl)c4)cc3)cc2)c1. The first-order valence-corrected chi connectivity index (χ1v) is 17.5. The van der Waals surface area contributed by atoms with E-state index in [2.05, 4.69) is 17.4 Å². The van der Waals surface area contributed by atoms with Crippen molar-refractivity contribution >= 4 is 27.4 Å². The van der Waals surface area contributed by atoms with E-state index in [0.717, 1.165) is 40.7 Å². The number of hydrogen-bond acceptors (Lipinski definition) is 6. The number of halogens is 1. The van der Waals surface area contributed by atoms with E-state index in [9.17, 15) is 18.3 Å². The summed E-state index contributed by atoms with van der Waals surface area (Å²) in [5.74, 6) is -0.395. The van der Waals surface area contributed by atoms with Crippen LogP contribution in [0, 0.1) is 0 Å². The van der Waals surface area contributed by atoms with Gasteiger partial charge in [-0.3, -0.25) is 0 Å². The minimum atomic E-state index is -3.71. The van der Waals surface area contributed by atoms with Gasteiger partial charge in [-0.1, -0.05) is 90.5 Å². The van der Waals surface area contributed by atoms with E-state index in [1.807, 2.05) is 48.5 Å². The molecule has 8 heteroatoms. The number of nitrogens with one attached hydrogen (secondary N) is 1. The lowest BCUT2D eigenvalue weighted by Crippen LogP contribution is -2.37. The quantitative estimate of drug-likeness (QED) is 0.0925. The van der Waals surface area contributed by atoms with Gasteiger partial charge in [-0.15, -0.1) is 0 Å². The van der Waals surface area contributed by atoms with Gasteiger partial charge < -0.3 is 15.2 Å². The lowest BCUT2D eigenvalue weighted by atomic mass is 9.96. The number of ether oxygens (including phenoxy) is 1. The van der Waals surface area contributed by atoms with Gasteiger partial charge in [0.1, 0.15) is 0 Å². The van der Waals surface area contributed by atoms with E-state index in [1.165, 1.54) is 0 Å². The molecule has 5 aromatic rings. The minimum absolute atomic E-state index is 0.197. The Kier molecular flexibility index (Phi) is 11.6. The maximum atomic E-state index is 13.4. The molecular formula is C39H38ClNO5S. The molecule has 0 aliphatic rings. The molecule has 0 spiro atoms. The number of aliphatic hydroxyl groups is 1. The summed E-state index contributed by atoms with van der Waals surface area (Å²) in [7, 11) is -3.71. The molecule has 0 radical (unpaired) electrons. The van der Waals surface area contributed by atoms with Crippen molar-refractivity contribution in [3.63, 3.8) is 0 Å². The fourth-order valence-corrected chi connectivity index (χ4v) is 6.96. The number of rotatable bonds is 14. The Balaban J connectivity index is 1.19. The van der Waals surface area contributed by atoms with Crippen LogP contribution >= 0.6 is 11.6 Å². The van der Waals surface area contributed by atoms with E-state index in [-0.39, 0.29) is 15.8 Å². The summed E-state index contributed by atoms with van der Waals surface area (Å²) >= 11 is 6.19. The molecule has 5 rings (SSSR count). The summed E-state index contributed by atoms with van der Waals surface area (Å²) in [5.41, 5.74) is 4.95. The van der Waals surface area contributed by atoms with Crippen molar-refractivity contribution in [3.05, 3.63) is 155 Å². The Bertz CT molecular complexity index is 1880. The van der Waals surface area contributed by atoms with E-state index in [1.54, 1.807) is 73.7 Å². The molecule has 0 bridgehead atoms. The Labute approximate surface area is 281 Å². The van der Waals surface area contributed by atoms with Gasteiger partial charge in [0.15, 0.2) is 0 Å². The van der Waals surface area contributed by atoms with Gasteiger partial charge in [0.2, 0.25) is 9.84 Å². The van der Waals surface area contributed by atoms with Crippen molar-refractivity contribution in [3.8, 4) is 11.1 Å². The third kappa shape index (κ3) is 8.96. The van der Waals surface area contributed by atoms with Gasteiger partial charge >= 0.3 is 5.97 Å². The zero-order chi connectivity index (χ0) is 33.2. The molecular weight excluding hydrogens is 630 g/mol. The fourth-order valence-electron chi connectivity index (χ4n) is 5.50. The number of carbonyl (C=O) groups excluding carboxylic acids is 1. The van der Waals surface area contributed by atoms with Crippen molar-refractivity contribution in [1.82, 2.24) is 5.32 Å². The monoisotopic (exact) mass is 667 g/mol. The number of hydrogen-bond donors (Lipinski definition) is 2. The summed E-state index contributed by atoms with van der Waals surface area (Å²) in [4.78, 5) is 12.5. The molecule has 0 aromatic heterocycles. The van der Waals surface area contributed by atoms with Crippen LogP contribution in [-0.4, -0.2) is 38.7 Å². The summed E-state index contributed by atoms with van der Waals surface area (Å²) in [5, 5.41) is 15.3. The topological polar surface area (TPSA) is 92.7 Å². The maximum absolute atomic E-state index is 13.4. The number of sulfone groups is 1. The molecule has 2 atom stereocenters. The molecule has 47 heavy (non-hydrogen) atoms. The van der Waals surface area contributed by atoms with Crippen LogP contribution in [0.4, 0.5) is 0 Å². The van der Waals surface area contributed by atoms with Crippen LogP contribution in [0.5, 0.6) is 0 Å². The zero-order valence-corrected chi connectivity index (χ0v) is 27.8. The van der Waals surface area contributed by atoms with Crippen LogP contribution in [0.3, 0.4) is 0 Å². The highest BCUT2D eigenvalue weighted by atomic mass is 35.5. The predicted molar refractivity (Wildman–Crippen MR) is 186 cm³/mol. The highest BCUT2D eigenvalue weighted by molar-refractivity contribution is 7.91. The zero-order valence-electron chi connectivity index (χ0n) is 26.2. The Morgan fingerprint density at radius 1 is 0.787 bits per heavy atom. The number of benzene rings is 5. The molecule has 0 amide bonds. The van der Waals surface area contributed by atoms with E-state index < -0.39 is 21.9 Å². The molecule has 0 saturated heterocycles. The summed E-state index contributed by atoms with van der Waals surface area (Å²) in [6, 6.07) is 37.9. The van der Waals surface area contributed by atoms with Crippen LogP contribution in [0.25, 0.3) is 11.1 Å². The summed E-state index contributed by atoms with van der Waals surface area (Å²) < 4.78 is 31.9. The maximum Gasteiger partial charge on any atom is 0.338 e. The van der Waals surface area contributed by atoms with Gasteiger partial charge in [0.05, 0.1) is 28.1 Å². The minimum Gasteiger partial charge on any atom is -0.462 e. The summed E-state index contributed by atoms with van der Waals surface area (Å²) in [6.45, 7) is 2.72. The molecule has 0 saturated carbocycles. The molecule has 5 aromatic carbocycles. The second-order valence-corrected chi connectivity index (χ2v) is 13.7. The van der Waals surface area contributed by atoms with Crippen molar-refractivity contribution in [2.45, 2.75) is 48.1 Å². The smallest absolute Gasteiger partial charge is 0.338 e. The first kappa shape index (κ1) is 34.1. The Hall–Kier alpha value is -4.27. The number of carbonyl (C=O) groups is 1. The van der Waals surface area contributed by atoms with Gasteiger partial charge in [-0.05, 0) is 109 Å². The molecule has 1 unspecified atom stereocenters. The predicted octanol–water partition coefficient (Wildman–Crippen LogP) is 7.88. The second kappa shape index (κ2) is 16.0. The largest absolute Gasteiger partial charge is 0.462 e. The normalized spacial score (nSPS) is 12.7. The first-order chi connectivity index (χ1) is 22.7. The molecule has 0 aliphatic heterocycles. The van der Waals surface area contributed by atoms with E-state index in [4.69, 9.17) is 16.3 Å². The highest BCUT2D eigenvalue weighted by Gasteiger charge is 2.22. The van der Waals surface area contributed by atoms with Crippen molar-refractivity contribution in [2.75, 3.05) is 13.2 Å². The first-order valence-electron chi connectivity index (χ1n) is 15.7. The van der Waals surface area contributed by atoms with Crippen LogP contribution in [-0.2, 0) is 27.4 Å². The van der Waals surface area contributed by atoms with Crippen LogP contribution in [0.15, 0.2) is 137 Å². The lowest BCUT2D eigenvalue weighted by Gasteiger charge is -2.25. The lowest BCUT2D eigenvalue weighted by molar-refractivity contribution is 0.0526. The van der Waals surface area contributed by atoms with Crippen LogP contribution < -0.4 is 5.32 Å². The van der Waals surface area contributed by atoms with Crippen LogP contribution in [0.1, 0.15) is 46.5 Å². The number of esters is 1. The fraction of sp³-hybridized carbons (Fsp3) is 0.205. The number of aryl methyl sites for hydroxylation is 1. The summed E-state index contributed by atoms with van der Waals surface area (Å²) in [6.07, 6.45) is 1.47. The molecule has 6 nitrogen and oxygen atoms in total. The third-order valence-corrected chi connectivity index (χ3v) is 10.0. The molecule has 2 N–H and O–H groups in total. The van der Waals surface area contributed by atoms with Crippen LogP contribution in [0.2, 0.25) is 5.02 Å². The Morgan fingerprint density at radius 3 is 2.15 bits per heavy atom. The van der Waals surface area contributed by atoms with Gasteiger partial charge in [-0.25, -0.2) is 13.2 Å². The molecule has 0 heterocycles. The van der Waals surface area contributed by atoms with Gasteiger partial charge in [-0.2, -0.15) is 0 Å². The second-order valence-electron chi connectivity index (χ2n) is 11.3. The highest BCUT2D eigenvalue weighted by Crippen LogP contribution is 2.27. The van der Waals surface area contributed by atoms with E-state index >= 15 is 0 Å². The average molecular weight is 668 g/mol. The number of aliphatic hydroxyl groups excluding tert-OH is 1. The van der Waals surface area contributed by atoms with Crippen molar-refractivity contribution in [2.24, 2.45) is 0 Å². The van der Waals surface area contributed by atoms with Gasteiger partial charge in [0, 0.05) is 11.1 Å². The standard InChI is InChI=1S/C39H38ClNO5S/c1-2-46-39(43)33-14-6-12-31(26-33)30-18-22-36(23-19-30)47(44,45)35-20-16-28(17-21-35)11-8-24-41-37(25-29-9-4-3-5-10-29)38(42)32-13-7-15-34(40)27-32/h3-7,9-10,12-23,26-27,37-38,41-42H,2,8,11,24-25H2,1H3/t37?,38-/m1/s1. The Morgan fingerprint density at radius 2 is 1.47 bits per heavy atom. The molecule has 242 valence electrons.